The van der Waals surface area contributed by atoms with E-state index in [9.17, 15) is 0 Å². The fourth-order valence-electron chi connectivity index (χ4n) is 1.82. The Hall–Kier alpha value is -1.62. The molecule has 0 amide bonds. The van der Waals surface area contributed by atoms with Crippen molar-refractivity contribution < 1.29 is 4.74 Å². The van der Waals surface area contributed by atoms with Gasteiger partial charge in [-0.15, -0.1) is 6.42 Å². The summed E-state index contributed by atoms with van der Waals surface area (Å²) < 4.78 is 5.60. The van der Waals surface area contributed by atoms with Crippen molar-refractivity contribution >= 4 is 5.69 Å². The van der Waals surface area contributed by atoms with Crippen LogP contribution in [0.15, 0.2) is 18.2 Å². The highest BCUT2D eigenvalue weighted by molar-refractivity contribution is 5.62. The summed E-state index contributed by atoms with van der Waals surface area (Å²) in [6.45, 7) is 5.78. The summed E-state index contributed by atoms with van der Waals surface area (Å²) in [5.74, 6) is 3.77. The Labute approximate surface area is 97.2 Å². The van der Waals surface area contributed by atoms with Gasteiger partial charge in [-0.25, -0.2) is 0 Å². The number of hydrogen-bond donors (Lipinski definition) is 0. The molecule has 0 bridgehead atoms. The molecule has 1 aromatic carbocycles. The highest BCUT2D eigenvalue weighted by Gasteiger charge is 2.21. The summed E-state index contributed by atoms with van der Waals surface area (Å²) in [5, 5.41) is 0. The fourth-order valence-corrected chi connectivity index (χ4v) is 1.82. The molecule has 0 saturated heterocycles. The predicted molar refractivity (Wildman–Crippen MR) is 67.1 cm³/mol. The number of terminal acetylenes is 1. The molecule has 1 heterocycles. The second kappa shape index (κ2) is 3.75. The van der Waals surface area contributed by atoms with Crippen LogP contribution in [0.5, 0.6) is 5.75 Å². The van der Waals surface area contributed by atoms with E-state index in [2.05, 4.69) is 43.8 Å². The van der Waals surface area contributed by atoms with Crippen molar-refractivity contribution in [3.05, 3.63) is 23.8 Å². The Balaban J connectivity index is 2.46. The average Bonchev–Trinajstić information content (AvgIpc) is 2.29. The summed E-state index contributed by atoms with van der Waals surface area (Å²) in [5.41, 5.74) is 2.06. The van der Waals surface area contributed by atoms with E-state index in [0.29, 0.717) is 0 Å². The van der Waals surface area contributed by atoms with Crippen LogP contribution in [0.3, 0.4) is 0 Å². The third-order valence-electron chi connectivity index (χ3n) is 3.14. The molecule has 84 valence electrons. The molecule has 1 aliphatic heterocycles. The monoisotopic (exact) mass is 215 g/mol. The maximum atomic E-state index is 5.60. The van der Waals surface area contributed by atoms with Crippen LogP contribution in [0.1, 0.15) is 19.4 Å². The predicted octanol–water partition coefficient (Wildman–Crippen LogP) is 2.43. The summed E-state index contributed by atoms with van der Waals surface area (Å²) in [6, 6.07) is 6.20. The Kier molecular flexibility index (Phi) is 2.55. The molecule has 0 fully saturated rings. The van der Waals surface area contributed by atoms with E-state index in [-0.39, 0.29) is 5.41 Å². The zero-order valence-corrected chi connectivity index (χ0v) is 10.1. The molecule has 1 aromatic rings. The molecule has 2 rings (SSSR count). The Morgan fingerprint density at radius 3 is 2.88 bits per heavy atom. The lowest BCUT2D eigenvalue weighted by molar-refractivity contribution is 0.311. The molecule has 0 spiro atoms. The summed E-state index contributed by atoms with van der Waals surface area (Å²) in [6.07, 6.45) is 5.55. The Morgan fingerprint density at radius 1 is 1.44 bits per heavy atom. The largest absolute Gasteiger partial charge is 0.490 e. The van der Waals surface area contributed by atoms with Crippen LogP contribution in [-0.4, -0.2) is 20.2 Å². The van der Waals surface area contributed by atoms with E-state index in [1.54, 1.807) is 0 Å². The SMILES string of the molecule is C#CC(C)(C)c1ccc2c(c1)N(C)CCO2. The average molecular weight is 215 g/mol. The fraction of sp³-hybridized carbons (Fsp3) is 0.429. The van der Waals surface area contributed by atoms with Gasteiger partial charge in [0.1, 0.15) is 12.4 Å². The van der Waals surface area contributed by atoms with Crippen molar-refractivity contribution in [2.75, 3.05) is 25.1 Å². The van der Waals surface area contributed by atoms with Gasteiger partial charge < -0.3 is 9.64 Å². The maximum Gasteiger partial charge on any atom is 0.142 e. The highest BCUT2D eigenvalue weighted by Crippen LogP contribution is 2.35. The summed E-state index contributed by atoms with van der Waals surface area (Å²) in [7, 11) is 2.08. The van der Waals surface area contributed by atoms with E-state index in [4.69, 9.17) is 11.2 Å². The third kappa shape index (κ3) is 1.74. The highest BCUT2D eigenvalue weighted by atomic mass is 16.5. The van der Waals surface area contributed by atoms with Gasteiger partial charge >= 0.3 is 0 Å². The molecular formula is C14H17NO. The number of fused-ring (bicyclic) bond motifs is 1. The van der Waals surface area contributed by atoms with Crippen molar-refractivity contribution in [2.24, 2.45) is 0 Å². The van der Waals surface area contributed by atoms with Gasteiger partial charge in [0.25, 0.3) is 0 Å². The minimum Gasteiger partial charge on any atom is -0.490 e. The molecule has 0 radical (unpaired) electrons. The smallest absolute Gasteiger partial charge is 0.142 e. The first-order valence-corrected chi connectivity index (χ1v) is 5.51. The van der Waals surface area contributed by atoms with Crippen molar-refractivity contribution in [3.8, 4) is 18.1 Å². The molecule has 1 aliphatic rings. The van der Waals surface area contributed by atoms with Crippen LogP contribution >= 0.6 is 0 Å². The van der Waals surface area contributed by atoms with Crippen molar-refractivity contribution in [1.82, 2.24) is 0 Å². The maximum absolute atomic E-state index is 5.60. The molecule has 2 nitrogen and oxygen atoms in total. The molecule has 0 atom stereocenters. The van der Waals surface area contributed by atoms with Gasteiger partial charge in [0.15, 0.2) is 0 Å². The van der Waals surface area contributed by atoms with Crippen molar-refractivity contribution in [3.63, 3.8) is 0 Å². The van der Waals surface area contributed by atoms with Crippen LogP contribution < -0.4 is 9.64 Å². The van der Waals surface area contributed by atoms with Crippen LogP contribution in [-0.2, 0) is 5.41 Å². The van der Waals surface area contributed by atoms with Gasteiger partial charge in [0, 0.05) is 7.05 Å². The number of benzene rings is 1. The van der Waals surface area contributed by atoms with Gasteiger partial charge in [-0.1, -0.05) is 12.0 Å². The molecule has 0 aromatic heterocycles. The van der Waals surface area contributed by atoms with Crippen LogP contribution in [0.4, 0.5) is 5.69 Å². The molecule has 0 N–H and O–H groups in total. The molecule has 16 heavy (non-hydrogen) atoms. The van der Waals surface area contributed by atoms with Crippen molar-refractivity contribution in [1.29, 1.82) is 0 Å². The molecular weight excluding hydrogens is 198 g/mol. The first-order valence-electron chi connectivity index (χ1n) is 5.51. The van der Waals surface area contributed by atoms with Gasteiger partial charge in [-0.3, -0.25) is 0 Å². The molecule has 2 heteroatoms. The van der Waals surface area contributed by atoms with E-state index >= 15 is 0 Å². The lowest BCUT2D eigenvalue weighted by atomic mass is 9.85. The minimum absolute atomic E-state index is 0.229. The van der Waals surface area contributed by atoms with Crippen molar-refractivity contribution in [2.45, 2.75) is 19.3 Å². The topological polar surface area (TPSA) is 12.5 Å². The lowest BCUT2D eigenvalue weighted by Crippen LogP contribution is -2.29. The quantitative estimate of drug-likeness (QED) is 0.667. The van der Waals surface area contributed by atoms with Gasteiger partial charge in [-0.05, 0) is 31.5 Å². The van der Waals surface area contributed by atoms with E-state index in [0.717, 1.165) is 30.2 Å². The summed E-state index contributed by atoms with van der Waals surface area (Å²) >= 11 is 0. The standard InChI is InChI=1S/C14H17NO/c1-5-14(2,3)11-6-7-13-12(10-11)15(4)8-9-16-13/h1,6-7,10H,8-9H2,2-4H3. The second-order valence-electron chi connectivity index (χ2n) is 4.72. The molecule has 0 unspecified atom stereocenters. The molecule has 0 aliphatic carbocycles. The Morgan fingerprint density at radius 2 is 2.19 bits per heavy atom. The number of hydrogen-bond acceptors (Lipinski definition) is 2. The van der Waals surface area contributed by atoms with E-state index < -0.39 is 0 Å². The number of anilines is 1. The normalized spacial score (nSPS) is 15.0. The zero-order valence-electron chi connectivity index (χ0n) is 10.1. The van der Waals surface area contributed by atoms with Gasteiger partial charge in [-0.2, -0.15) is 0 Å². The van der Waals surface area contributed by atoms with Crippen LogP contribution in [0.2, 0.25) is 0 Å². The number of ether oxygens (including phenoxy) is 1. The number of nitrogens with zero attached hydrogens (tertiary/aromatic N) is 1. The van der Waals surface area contributed by atoms with Crippen LogP contribution in [0.25, 0.3) is 0 Å². The first kappa shape index (κ1) is 10.9. The lowest BCUT2D eigenvalue weighted by Gasteiger charge is -2.29. The zero-order chi connectivity index (χ0) is 11.8. The van der Waals surface area contributed by atoms with Gasteiger partial charge in [0.05, 0.1) is 17.6 Å². The second-order valence-corrected chi connectivity index (χ2v) is 4.72. The molecule has 0 saturated carbocycles. The summed E-state index contributed by atoms with van der Waals surface area (Å²) in [4.78, 5) is 2.20. The Bertz CT molecular complexity index is 443. The van der Waals surface area contributed by atoms with E-state index in [1.807, 2.05) is 6.07 Å². The van der Waals surface area contributed by atoms with Gasteiger partial charge in [0.2, 0.25) is 0 Å². The number of likely N-dealkylation sites (N-methyl/N-ethyl adjacent to an activating group) is 1. The van der Waals surface area contributed by atoms with E-state index in [1.165, 1.54) is 0 Å². The first-order chi connectivity index (χ1) is 7.54. The van der Waals surface area contributed by atoms with Crippen LogP contribution in [0, 0.1) is 12.3 Å². The number of rotatable bonds is 1. The minimum atomic E-state index is -0.229. The third-order valence-corrected chi connectivity index (χ3v) is 3.14.